The molecule has 0 amide bonds. The summed E-state index contributed by atoms with van der Waals surface area (Å²) in [7, 11) is 2.00. The SMILES string of the molecule is CCCC(Cl)CCCc1c(Br)c(C)nn1C. The number of rotatable bonds is 6. The average molecular weight is 308 g/mol. The third-order valence-electron chi connectivity index (χ3n) is 2.79. The molecule has 0 N–H and O–H groups in total. The molecule has 1 atom stereocenters. The lowest BCUT2D eigenvalue weighted by molar-refractivity contribution is 0.614. The Morgan fingerprint density at radius 2 is 2.12 bits per heavy atom. The van der Waals surface area contributed by atoms with Crippen LogP contribution in [0.2, 0.25) is 0 Å². The standard InChI is InChI=1S/C12H20BrClN2/c1-4-6-10(14)7-5-8-11-12(13)9(2)15-16(11)3/h10H,4-8H2,1-3H3. The quantitative estimate of drug-likeness (QED) is 0.719. The number of hydrogen-bond donors (Lipinski definition) is 0. The molecule has 0 saturated carbocycles. The van der Waals surface area contributed by atoms with E-state index in [4.69, 9.17) is 11.6 Å². The van der Waals surface area contributed by atoms with Crippen molar-refractivity contribution in [3.63, 3.8) is 0 Å². The number of halogens is 2. The van der Waals surface area contributed by atoms with Crippen molar-refractivity contribution >= 4 is 27.5 Å². The van der Waals surface area contributed by atoms with Crippen LogP contribution >= 0.6 is 27.5 Å². The van der Waals surface area contributed by atoms with Crippen LogP contribution in [0.15, 0.2) is 4.47 Å². The molecule has 1 unspecified atom stereocenters. The molecule has 0 aliphatic rings. The molecule has 1 heterocycles. The van der Waals surface area contributed by atoms with Gasteiger partial charge in [0.2, 0.25) is 0 Å². The maximum atomic E-state index is 6.20. The first-order valence-electron chi connectivity index (χ1n) is 5.88. The monoisotopic (exact) mass is 306 g/mol. The summed E-state index contributed by atoms with van der Waals surface area (Å²) in [5, 5.41) is 4.71. The lowest BCUT2D eigenvalue weighted by atomic mass is 10.1. The molecule has 0 saturated heterocycles. The van der Waals surface area contributed by atoms with Crippen LogP contribution in [-0.2, 0) is 13.5 Å². The van der Waals surface area contributed by atoms with Gasteiger partial charge in [-0.3, -0.25) is 4.68 Å². The predicted octanol–water partition coefficient (Wildman–Crippen LogP) is 4.22. The third kappa shape index (κ3) is 3.77. The number of hydrogen-bond acceptors (Lipinski definition) is 1. The fraction of sp³-hybridized carbons (Fsp3) is 0.750. The van der Waals surface area contributed by atoms with Crippen LogP contribution < -0.4 is 0 Å². The van der Waals surface area contributed by atoms with Gasteiger partial charge in [-0.15, -0.1) is 11.6 Å². The topological polar surface area (TPSA) is 17.8 Å². The van der Waals surface area contributed by atoms with Gasteiger partial charge in [-0.1, -0.05) is 13.3 Å². The second-order valence-corrected chi connectivity index (χ2v) is 5.66. The van der Waals surface area contributed by atoms with E-state index < -0.39 is 0 Å². The molecule has 1 aromatic heterocycles. The third-order valence-corrected chi connectivity index (χ3v) is 4.26. The number of aryl methyl sites for hydroxylation is 2. The zero-order valence-electron chi connectivity index (χ0n) is 10.3. The van der Waals surface area contributed by atoms with Gasteiger partial charge in [-0.2, -0.15) is 5.10 Å². The van der Waals surface area contributed by atoms with Crippen molar-refractivity contribution in [1.82, 2.24) is 9.78 Å². The molecule has 4 heteroatoms. The van der Waals surface area contributed by atoms with Crippen LogP contribution in [0.5, 0.6) is 0 Å². The number of alkyl halides is 1. The minimum Gasteiger partial charge on any atom is -0.271 e. The molecule has 0 aliphatic heterocycles. The van der Waals surface area contributed by atoms with Crippen molar-refractivity contribution in [2.24, 2.45) is 7.05 Å². The van der Waals surface area contributed by atoms with E-state index in [1.165, 1.54) is 12.1 Å². The van der Waals surface area contributed by atoms with E-state index in [2.05, 4.69) is 28.0 Å². The Balaban J connectivity index is 2.43. The Hall–Kier alpha value is -0.0200. The summed E-state index contributed by atoms with van der Waals surface area (Å²) in [5.41, 5.74) is 2.34. The largest absolute Gasteiger partial charge is 0.271 e. The number of nitrogens with zero attached hydrogens (tertiary/aromatic N) is 2. The van der Waals surface area contributed by atoms with E-state index in [0.717, 1.165) is 35.8 Å². The molecule has 0 spiro atoms. The average Bonchev–Trinajstić information content (AvgIpc) is 2.45. The Morgan fingerprint density at radius 1 is 1.44 bits per heavy atom. The van der Waals surface area contributed by atoms with E-state index in [0.29, 0.717) is 5.38 Å². The van der Waals surface area contributed by atoms with E-state index >= 15 is 0 Å². The van der Waals surface area contributed by atoms with Crippen molar-refractivity contribution in [3.8, 4) is 0 Å². The van der Waals surface area contributed by atoms with Crippen molar-refractivity contribution < 1.29 is 0 Å². The van der Waals surface area contributed by atoms with Crippen LogP contribution in [-0.4, -0.2) is 15.2 Å². The van der Waals surface area contributed by atoms with E-state index in [1.807, 2.05) is 18.7 Å². The molecule has 1 rings (SSSR count). The summed E-state index contributed by atoms with van der Waals surface area (Å²) >= 11 is 9.78. The summed E-state index contributed by atoms with van der Waals surface area (Å²) in [5.74, 6) is 0. The molecule has 0 aromatic carbocycles. The van der Waals surface area contributed by atoms with E-state index in [9.17, 15) is 0 Å². The van der Waals surface area contributed by atoms with E-state index in [1.54, 1.807) is 0 Å². The molecule has 0 aliphatic carbocycles. The van der Waals surface area contributed by atoms with Gasteiger partial charge in [-0.05, 0) is 48.5 Å². The van der Waals surface area contributed by atoms with Crippen molar-refractivity contribution in [3.05, 3.63) is 15.9 Å². The zero-order valence-corrected chi connectivity index (χ0v) is 12.6. The van der Waals surface area contributed by atoms with Crippen molar-refractivity contribution in [2.75, 3.05) is 0 Å². The highest BCUT2D eigenvalue weighted by molar-refractivity contribution is 9.10. The van der Waals surface area contributed by atoms with E-state index in [-0.39, 0.29) is 0 Å². The fourth-order valence-corrected chi connectivity index (χ4v) is 2.81. The maximum absolute atomic E-state index is 6.20. The number of aromatic nitrogens is 2. The summed E-state index contributed by atoms with van der Waals surface area (Å²) in [6.07, 6.45) is 5.55. The zero-order chi connectivity index (χ0) is 12.1. The Kier molecular flexibility index (Phi) is 5.84. The molecule has 1 aromatic rings. The van der Waals surface area contributed by atoms with Gasteiger partial charge < -0.3 is 0 Å². The summed E-state index contributed by atoms with van der Waals surface area (Å²) < 4.78 is 3.11. The molecule has 2 nitrogen and oxygen atoms in total. The second-order valence-electron chi connectivity index (χ2n) is 4.25. The maximum Gasteiger partial charge on any atom is 0.0738 e. The lowest BCUT2D eigenvalue weighted by Gasteiger charge is -2.08. The molecule has 0 fully saturated rings. The van der Waals surface area contributed by atoms with Gasteiger partial charge in [-0.25, -0.2) is 0 Å². The highest BCUT2D eigenvalue weighted by Gasteiger charge is 2.11. The summed E-state index contributed by atoms with van der Waals surface area (Å²) in [6.45, 7) is 4.20. The van der Waals surface area contributed by atoms with Gasteiger partial charge in [0.1, 0.15) is 0 Å². The van der Waals surface area contributed by atoms with Gasteiger partial charge in [0, 0.05) is 12.4 Å². The highest BCUT2D eigenvalue weighted by atomic mass is 79.9. The predicted molar refractivity (Wildman–Crippen MR) is 73.1 cm³/mol. The lowest BCUT2D eigenvalue weighted by Crippen LogP contribution is -2.02. The minimum absolute atomic E-state index is 0.332. The van der Waals surface area contributed by atoms with Crippen molar-refractivity contribution in [2.45, 2.75) is 51.3 Å². The van der Waals surface area contributed by atoms with Crippen LogP contribution in [0.3, 0.4) is 0 Å². The van der Waals surface area contributed by atoms with Gasteiger partial charge in [0.15, 0.2) is 0 Å². The molecule has 16 heavy (non-hydrogen) atoms. The fourth-order valence-electron chi connectivity index (χ4n) is 1.90. The normalized spacial score (nSPS) is 13.1. The first-order valence-corrected chi connectivity index (χ1v) is 7.11. The smallest absolute Gasteiger partial charge is 0.0738 e. The van der Waals surface area contributed by atoms with Crippen LogP contribution in [0, 0.1) is 6.92 Å². The Morgan fingerprint density at radius 3 is 2.62 bits per heavy atom. The van der Waals surface area contributed by atoms with Gasteiger partial charge >= 0.3 is 0 Å². The van der Waals surface area contributed by atoms with Gasteiger partial charge in [0.25, 0.3) is 0 Å². The minimum atomic E-state index is 0.332. The van der Waals surface area contributed by atoms with Crippen LogP contribution in [0.1, 0.15) is 44.0 Å². The highest BCUT2D eigenvalue weighted by Crippen LogP contribution is 2.23. The molecular formula is C12H20BrClN2. The molecule has 0 bridgehead atoms. The van der Waals surface area contributed by atoms with Crippen molar-refractivity contribution in [1.29, 1.82) is 0 Å². The molecular weight excluding hydrogens is 288 g/mol. The van der Waals surface area contributed by atoms with Crippen LogP contribution in [0.4, 0.5) is 0 Å². The Bertz CT molecular complexity index is 336. The molecule has 0 radical (unpaired) electrons. The first kappa shape index (κ1) is 14.0. The van der Waals surface area contributed by atoms with Crippen LogP contribution in [0.25, 0.3) is 0 Å². The summed E-state index contributed by atoms with van der Waals surface area (Å²) in [4.78, 5) is 0. The summed E-state index contributed by atoms with van der Waals surface area (Å²) in [6, 6.07) is 0. The van der Waals surface area contributed by atoms with Gasteiger partial charge in [0.05, 0.1) is 15.9 Å². The molecule has 92 valence electrons. The first-order chi connectivity index (χ1) is 7.56. The Labute approximate surface area is 111 Å². The second kappa shape index (κ2) is 6.65.